The van der Waals surface area contributed by atoms with Crippen molar-refractivity contribution in [1.82, 2.24) is 10.3 Å². The van der Waals surface area contributed by atoms with Crippen LogP contribution in [0, 0.1) is 0 Å². The van der Waals surface area contributed by atoms with E-state index < -0.39 is 0 Å². The van der Waals surface area contributed by atoms with Gasteiger partial charge in [0.05, 0.1) is 17.4 Å². The topological polar surface area (TPSA) is 62.3 Å². The van der Waals surface area contributed by atoms with E-state index in [2.05, 4.69) is 10.3 Å². The smallest absolute Gasteiger partial charge is 0.227 e. The summed E-state index contributed by atoms with van der Waals surface area (Å²) in [6.07, 6.45) is 2.03. The van der Waals surface area contributed by atoms with E-state index in [0.717, 1.165) is 27.6 Å². The third-order valence-electron chi connectivity index (χ3n) is 5.02. The molecular weight excluding hydrogens is 394 g/mol. The normalized spacial score (nSPS) is 13.9. The SMILES string of the molecule is O=C(CCC(=O)N1CCSc2ccccc21)NC(c1ccccc1)c1ccccn1. The van der Waals surface area contributed by atoms with E-state index in [-0.39, 0.29) is 30.7 Å². The quantitative estimate of drug-likeness (QED) is 0.653. The minimum absolute atomic E-state index is 0.0213. The van der Waals surface area contributed by atoms with Crippen LogP contribution in [0.25, 0.3) is 0 Å². The molecule has 0 aliphatic carbocycles. The van der Waals surface area contributed by atoms with Gasteiger partial charge in [-0.2, -0.15) is 0 Å². The summed E-state index contributed by atoms with van der Waals surface area (Å²) < 4.78 is 0. The number of anilines is 1. The fourth-order valence-corrected chi connectivity index (χ4v) is 4.53. The Labute approximate surface area is 180 Å². The Kier molecular flexibility index (Phi) is 6.44. The molecule has 0 radical (unpaired) electrons. The van der Waals surface area contributed by atoms with Gasteiger partial charge < -0.3 is 10.2 Å². The Balaban J connectivity index is 1.42. The molecule has 3 aromatic rings. The average Bonchev–Trinajstić information content (AvgIpc) is 2.81. The van der Waals surface area contributed by atoms with Crippen molar-refractivity contribution in [1.29, 1.82) is 0 Å². The van der Waals surface area contributed by atoms with E-state index in [4.69, 9.17) is 0 Å². The summed E-state index contributed by atoms with van der Waals surface area (Å²) >= 11 is 1.76. The summed E-state index contributed by atoms with van der Waals surface area (Å²) in [4.78, 5) is 32.9. The molecule has 0 saturated carbocycles. The number of hydrogen-bond donors (Lipinski definition) is 1. The van der Waals surface area contributed by atoms with Crippen molar-refractivity contribution in [3.05, 3.63) is 90.3 Å². The summed E-state index contributed by atoms with van der Waals surface area (Å²) in [5, 5.41) is 3.05. The first-order valence-corrected chi connectivity index (χ1v) is 11.0. The second-order valence-corrected chi connectivity index (χ2v) is 8.16. The lowest BCUT2D eigenvalue weighted by Crippen LogP contribution is -2.36. The van der Waals surface area contributed by atoms with Gasteiger partial charge >= 0.3 is 0 Å². The molecule has 2 amide bonds. The van der Waals surface area contributed by atoms with Crippen LogP contribution in [0.5, 0.6) is 0 Å². The molecule has 1 aliphatic heterocycles. The lowest BCUT2D eigenvalue weighted by atomic mass is 10.0. The van der Waals surface area contributed by atoms with E-state index in [1.807, 2.05) is 72.8 Å². The Hall–Kier alpha value is -3.12. The molecule has 5 nitrogen and oxygen atoms in total. The van der Waals surface area contributed by atoms with E-state index in [0.29, 0.717) is 6.54 Å². The van der Waals surface area contributed by atoms with Gasteiger partial charge in [0.2, 0.25) is 11.8 Å². The number of thioether (sulfide) groups is 1. The highest BCUT2D eigenvalue weighted by Crippen LogP contribution is 2.34. The number of nitrogens with zero attached hydrogens (tertiary/aromatic N) is 2. The summed E-state index contributed by atoms with van der Waals surface area (Å²) in [6.45, 7) is 0.669. The summed E-state index contributed by atoms with van der Waals surface area (Å²) in [6, 6.07) is 23.0. The monoisotopic (exact) mass is 417 g/mol. The van der Waals surface area contributed by atoms with Gasteiger partial charge in [0.25, 0.3) is 0 Å². The molecule has 0 bridgehead atoms. The van der Waals surface area contributed by atoms with Crippen molar-refractivity contribution in [2.24, 2.45) is 0 Å². The second-order valence-electron chi connectivity index (χ2n) is 7.03. The summed E-state index contributed by atoms with van der Waals surface area (Å²) in [7, 11) is 0. The number of rotatable bonds is 6. The maximum atomic E-state index is 12.8. The molecule has 152 valence electrons. The van der Waals surface area contributed by atoms with Crippen molar-refractivity contribution in [3.63, 3.8) is 0 Å². The first kappa shape index (κ1) is 20.2. The van der Waals surface area contributed by atoms with Gasteiger partial charge in [-0.25, -0.2) is 0 Å². The number of aromatic nitrogens is 1. The number of amides is 2. The van der Waals surface area contributed by atoms with Crippen LogP contribution in [0.1, 0.15) is 30.1 Å². The van der Waals surface area contributed by atoms with E-state index in [9.17, 15) is 9.59 Å². The van der Waals surface area contributed by atoms with E-state index >= 15 is 0 Å². The molecule has 1 aliphatic rings. The van der Waals surface area contributed by atoms with E-state index in [1.165, 1.54) is 0 Å². The zero-order chi connectivity index (χ0) is 20.8. The van der Waals surface area contributed by atoms with Crippen LogP contribution < -0.4 is 10.2 Å². The van der Waals surface area contributed by atoms with Crippen molar-refractivity contribution in [2.45, 2.75) is 23.8 Å². The minimum Gasteiger partial charge on any atom is -0.344 e. The number of para-hydroxylation sites is 1. The molecule has 4 rings (SSSR count). The predicted octanol–water partition coefficient (Wildman–Crippen LogP) is 4.21. The maximum absolute atomic E-state index is 12.8. The first-order valence-electron chi connectivity index (χ1n) is 10.00. The largest absolute Gasteiger partial charge is 0.344 e. The van der Waals surface area contributed by atoms with Gasteiger partial charge in [0.15, 0.2) is 0 Å². The number of carbonyl (C=O) groups excluding carboxylic acids is 2. The number of hydrogen-bond acceptors (Lipinski definition) is 4. The van der Waals surface area contributed by atoms with Crippen molar-refractivity contribution in [3.8, 4) is 0 Å². The average molecular weight is 418 g/mol. The Morgan fingerprint density at radius 1 is 0.967 bits per heavy atom. The second kappa shape index (κ2) is 9.59. The van der Waals surface area contributed by atoms with Gasteiger partial charge in [-0.3, -0.25) is 14.6 Å². The molecule has 2 aromatic carbocycles. The van der Waals surface area contributed by atoms with Crippen LogP contribution >= 0.6 is 11.8 Å². The third-order valence-corrected chi connectivity index (χ3v) is 6.06. The lowest BCUT2D eigenvalue weighted by Gasteiger charge is -2.29. The fraction of sp³-hybridized carbons (Fsp3) is 0.208. The molecule has 2 heterocycles. The zero-order valence-electron chi connectivity index (χ0n) is 16.5. The van der Waals surface area contributed by atoms with Gasteiger partial charge in [0.1, 0.15) is 0 Å². The molecule has 1 N–H and O–H groups in total. The van der Waals surface area contributed by atoms with Crippen LogP contribution in [0.3, 0.4) is 0 Å². The molecule has 1 unspecified atom stereocenters. The van der Waals surface area contributed by atoms with Crippen molar-refractivity contribution in [2.75, 3.05) is 17.2 Å². The highest BCUT2D eigenvalue weighted by molar-refractivity contribution is 7.99. The number of carbonyl (C=O) groups is 2. The number of benzene rings is 2. The Morgan fingerprint density at radius 3 is 2.53 bits per heavy atom. The maximum Gasteiger partial charge on any atom is 0.227 e. The molecule has 0 spiro atoms. The van der Waals surface area contributed by atoms with Gasteiger partial charge in [-0.1, -0.05) is 48.5 Å². The van der Waals surface area contributed by atoms with Gasteiger partial charge in [-0.15, -0.1) is 11.8 Å². The standard InChI is InChI=1S/C24H23N3O2S/c28-22(13-14-23(29)27-16-17-30-21-12-5-4-11-20(21)27)26-24(18-8-2-1-3-9-18)19-10-6-7-15-25-19/h1-12,15,24H,13-14,16-17H2,(H,26,28). The van der Waals surface area contributed by atoms with Crippen molar-refractivity contribution >= 4 is 29.3 Å². The molecular formula is C24H23N3O2S. The molecule has 0 fully saturated rings. The summed E-state index contributed by atoms with van der Waals surface area (Å²) in [5.74, 6) is 0.680. The van der Waals surface area contributed by atoms with E-state index in [1.54, 1.807) is 22.9 Å². The van der Waals surface area contributed by atoms with Crippen molar-refractivity contribution < 1.29 is 9.59 Å². The van der Waals surface area contributed by atoms with Crippen LogP contribution in [-0.4, -0.2) is 29.1 Å². The fourth-order valence-electron chi connectivity index (χ4n) is 3.54. The van der Waals surface area contributed by atoms with Gasteiger partial charge in [0, 0.05) is 36.2 Å². The predicted molar refractivity (Wildman–Crippen MR) is 119 cm³/mol. The molecule has 1 aromatic heterocycles. The van der Waals surface area contributed by atoms with Crippen LogP contribution in [0.2, 0.25) is 0 Å². The zero-order valence-corrected chi connectivity index (χ0v) is 17.3. The lowest BCUT2D eigenvalue weighted by molar-refractivity contribution is -0.125. The number of fused-ring (bicyclic) bond motifs is 1. The molecule has 30 heavy (non-hydrogen) atoms. The van der Waals surface area contributed by atoms with Crippen LogP contribution in [-0.2, 0) is 9.59 Å². The summed E-state index contributed by atoms with van der Waals surface area (Å²) in [5.41, 5.74) is 2.66. The van der Waals surface area contributed by atoms with Crippen LogP contribution in [0.15, 0.2) is 83.9 Å². The first-order chi connectivity index (χ1) is 14.7. The molecule has 0 saturated heterocycles. The third kappa shape index (κ3) is 4.71. The number of nitrogens with one attached hydrogen (secondary N) is 1. The number of pyridine rings is 1. The van der Waals surface area contributed by atoms with Gasteiger partial charge in [-0.05, 0) is 29.8 Å². The van der Waals surface area contributed by atoms with Crippen LogP contribution in [0.4, 0.5) is 5.69 Å². The Bertz CT molecular complexity index is 972. The Morgan fingerprint density at radius 2 is 1.73 bits per heavy atom. The minimum atomic E-state index is -0.345. The molecule has 6 heteroatoms. The highest BCUT2D eigenvalue weighted by Gasteiger charge is 2.24. The molecule has 1 atom stereocenters. The highest BCUT2D eigenvalue weighted by atomic mass is 32.2.